The Hall–Kier alpha value is -2.34. The minimum Gasteiger partial charge on any atom is -0.481 e. The smallest absolute Gasteiger partial charge is 0.304 e. The van der Waals surface area contributed by atoms with E-state index in [4.69, 9.17) is 16.1 Å². The fourth-order valence-corrected chi connectivity index (χ4v) is 5.41. The van der Waals surface area contributed by atoms with Crippen LogP contribution in [0.15, 0.2) is 22.7 Å². The van der Waals surface area contributed by atoms with E-state index in [1.807, 2.05) is 13.0 Å². The van der Waals surface area contributed by atoms with Gasteiger partial charge in [-0.15, -0.1) is 0 Å². The van der Waals surface area contributed by atoms with E-state index in [0.717, 1.165) is 48.5 Å². The number of carboxylic acid groups (broad SMARTS) is 1. The van der Waals surface area contributed by atoms with Crippen LogP contribution in [0.4, 0.5) is 5.69 Å². The molecule has 2 N–H and O–H groups in total. The Morgan fingerprint density at radius 1 is 1.21 bits per heavy atom. The van der Waals surface area contributed by atoms with Crippen LogP contribution < -0.4 is 5.32 Å². The Morgan fingerprint density at radius 3 is 2.55 bits per heavy atom. The van der Waals surface area contributed by atoms with Crippen molar-refractivity contribution in [2.24, 2.45) is 11.8 Å². The molecule has 1 aromatic carbocycles. The summed E-state index contributed by atoms with van der Waals surface area (Å²) in [5, 5.41) is 17.2. The summed E-state index contributed by atoms with van der Waals surface area (Å²) >= 11 is 6.25. The number of aryl methyl sites for hydroxylation is 1. The summed E-state index contributed by atoms with van der Waals surface area (Å²) < 4.78 is 5.85. The molecule has 1 amide bonds. The van der Waals surface area contributed by atoms with Crippen LogP contribution in [0.3, 0.4) is 0 Å². The van der Waals surface area contributed by atoms with Gasteiger partial charge >= 0.3 is 5.97 Å². The number of carboxylic acids is 1. The molecule has 178 valence electrons. The molecule has 2 saturated carbocycles. The molecule has 6 nitrogen and oxygen atoms in total. The van der Waals surface area contributed by atoms with Gasteiger partial charge in [0.25, 0.3) is 0 Å². The molecule has 2 aliphatic carbocycles. The maximum absolute atomic E-state index is 12.8. The lowest BCUT2D eigenvalue weighted by atomic mass is 9.69. The number of hydrogen-bond donors (Lipinski definition) is 2. The van der Waals surface area contributed by atoms with Crippen molar-refractivity contribution in [2.75, 3.05) is 5.32 Å². The Labute approximate surface area is 200 Å². The van der Waals surface area contributed by atoms with Gasteiger partial charge in [-0.25, -0.2) is 0 Å². The number of nitrogens with zero attached hydrogens (tertiary/aromatic N) is 1. The predicted octanol–water partition coefficient (Wildman–Crippen LogP) is 6.64. The molecule has 1 atom stereocenters. The standard InChI is InChI=1S/C26H33ClN2O4/c1-14(2)8-16-10-19(11-16)26-24(17-5-6-17)25(29-33-26)18(13-23(31)32)12-22(30)28-21-7-4-15(3)9-20(21)27/h4,7,9,14,16-19H,5-6,8,10-13H2,1-3H3,(H,28,30)(H,31,32)/t16?,18-,19?/m1/s1. The third-order valence-electron chi connectivity index (χ3n) is 6.82. The van der Waals surface area contributed by atoms with Crippen LogP contribution in [0.1, 0.15) is 99.1 Å². The maximum Gasteiger partial charge on any atom is 0.304 e. The lowest BCUT2D eigenvalue weighted by molar-refractivity contribution is -0.137. The number of nitrogens with one attached hydrogen (secondary N) is 1. The first-order chi connectivity index (χ1) is 15.7. The minimum atomic E-state index is -0.951. The van der Waals surface area contributed by atoms with E-state index < -0.39 is 11.9 Å². The monoisotopic (exact) mass is 472 g/mol. The van der Waals surface area contributed by atoms with Crippen LogP contribution in [-0.4, -0.2) is 22.1 Å². The van der Waals surface area contributed by atoms with Gasteiger partial charge in [-0.1, -0.05) is 36.7 Å². The maximum atomic E-state index is 12.8. The molecule has 0 unspecified atom stereocenters. The number of carbonyl (C=O) groups excluding carboxylic acids is 1. The van der Waals surface area contributed by atoms with Gasteiger partial charge in [-0.3, -0.25) is 9.59 Å². The van der Waals surface area contributed by atoms with Crippen molar-refractivity contribution in [2.45, 2.75) is 83.5 Å². The molecule has 0 bridgehead atoms. The second-order valence-electron chi connectivity index (χ2n) is 10.3. The SMILES string of the molecule is Cc1ccc(NC(=O)C[C@H](CC(=O)O)c2noc(C3CC(CC(C)C)C3)c2C2CC2)c(Cl)c1. The molecule has 33 heavy (non-hydrogen) atoms. The predicted molar refractivity (Wildman–Crippen MR) is 128 cm³/mol. The summed E-state index contributed by atoms with van der Waals surface area (Å²) in [7, 11) is 0. The number of halogens is 1. The number of anilines is 1. The zero-order valence-electron chi connectivity index (χ0n) is 19.6. The summed E-state index contributed by atoms with van der Waals surface area (Å²) in [6.07, 6.45) is 5.40. The van der Waals surface area contributed by atoms with Crippen LogP contribution in [0.2, 0.25) is 5.02 Å². The molecule has 7 heteroatoms. The van der Waals surface area contributed by atoms with Gasteiger partial charge < -0.3 is 14.9 Å². The largest absolute Gasteiger partial charge is 0.481 e. The van der Waals surface area contributed by atoms with Gasteiger partial charge in [-0.2, -0.15) is 0 Å². The van der Waals surface area contributed by atoms with E-state index in [0.29, 0.717) is 34.2 Å². The van der Waals surface area contributed by atoms with Gasteiger partial charge in [0, 0.05) is 23.8 Å². The van der Waals surface area contributed by atoms with E-state index in [2.05, 4.69) is 24.3 Å². The first-order valence-corrected chi connectivity index (χ1v) is 12.4. The van der Waals surface area contributed by atoms with Crippen LogP contribution in [0, 0.1) is 18.8 Å². The van der Waals surface area contributed by atoms with Gasteiger partial charge in [0.1, 0.15) is 5.76 Å². The van der Waals surface area contributed by atoms with Gasteiger partial charge in [0.2, 0.25) is 5.91 Å². The Bertz CT molecular complexity index is 1020. The van der Waals surface area contributed by atoms with Crippen molar-refractivity contribution in [1.82, 2.24) is 5.16 Å². The van der Waals surface area contributed by atoms with Gasteiger partial charge in [0.15, 0.2) is 0 Å². The van der Waals surface area contributed by atoms with Crippen LogP contribution >= 0.6 is 11.6 Å². The topological polar surface area (TPSA) is 92.4 Å². The van der Waals surface area contributed by atoms with Crippen molar-refractivity contribution < 1.29 is 19.2 Å². The minimum absolute atomic E-state index is 0.0167. The third kappa shape index (κ3) is 5.78. The number of aromatic nitrogens is 1. The first-order valence-electron chi connectivity index (χ1n) is 12.0. The molecule has 1 heterocycles. The molecule has 1 aromatic heterocycles. The molecular weight excluding hydrogens is 440 g/mol. The molecular formula is C26H33ClN2O4. The van der Waals surface area contributed by atoms with Crippen molar-refractivity contribution in [3.8, 4) is 0 Å². The summed E-state index contributed by atoms with van der Waals surface area (Å²) in [4.78, 5) is 24.5. The van der Waals surface area contributed by atoms with Crippen molar-refractivity contribution in [3.05, 3.63) is 45.8 Å². The lowest BCUT2D eigenvalue weighted by Gasteiger charge is -2.35. The number of carbonyl (C=O) groups is 2. The molecule has 2 aromatic rings. The van der Waals surface area contributed by atoms with Crippen molar-refractivity contribution >= 4 is 29.2 Å². The highest BCUT2D eigenvalue weighted by Crippen LogP contribution is 2.52. The van der Waals surface area contributed by atoms with Gasteiger partial charge in [-0.05, 0) is 74.5 Å². The zero-order valence-corrected chi connectivity index (χ0v) is 20.3. The first kappa shape index (κ1) is 23.8. The highest BCUT2D eigenvalue weighted by molar-refractivity contribution is 6.33. The number of amides is 1. The van der Waals surface area contributed by atoms with Gasteiger partial charge in [0.05, 0.1) is 22.8 Å². The summed E-state index contributed by atoms with van der Waals surface area (Å²) in [6.45, 7) is 6.43. The van der Waals surface area contributed by atoms with E-state index in [1.54, 1.807) is 12.1 Å². The summed E-state index contributed by atoms with van der Waals surface area (Å²) in [5.41, 5.74) is 3.26. The van der Waals surface area contributed by atoms with Crippen molar-refractivity contribution in [1.29, 1.82) is 0 Å². The van der Waals surface area contributed by atoms with E-state index in [9.17, 15) is 14.7 Å². The molecule has 2 fully saturated rings. The van der Waals surface area contributed by atoms with E-state index in [1.165, 1.54) is 6.42 Å². The average Bonchev–Trinajstić information content (AvgIpc) is 3.44. The molecule has 0 aliphatic heterocycles. The third-order valence-corrected chi connectivity index (χ3v) is 7.13. The quantitative estimate of drug-likeness (QED) is 0.404. The molecule has 0 spiro atoms. The van der Waals surface area contributed by atoms with Crippen LogP contribution in [0.25, 0.3) is 0 Å². The number of aliphatic carboxylic acids is 1. The van der Waals surface area contributed by atoms with Crippen LogP contribution in [-0.2, 0) is 9.59 Å². The highest BCUT2D eigenvalue weighted by Gasteiger charge is 2.42. The summed E-state index contributed by atoms with van der Waals surface area (Å²) in [6, 6.07) is 5.42. The van der Waals surface area contributed by atoms with Crippen molar-refractivity contribution in [3.63, 3.8) is 0 Å². The fourth-order valence-electron chi connectivity index (χ4n) is 5.13. The Morgan fingerprint density at radius 2 is 1.94 bits per heavy atom. The molecule has 0 radical (unpaired) electrons. The zero-order chi connectivity index (χ0) is 23.7. The fraction of sp³-hybridized carbons (Fsp3) is 0.577. The number of rotatable bonds is 10. The normalized spacial score (nSPS) is 21.0. The molecule has 0 saturated heterocycles. The second-order valence-corrected chi connectivity index (χ2v) is 10.7. The van der Waals surface area contributed by atoms with Crippen LogP contribution in [0.5, 0.6) is 0 Å². The lowest BCUT2D eigenvalue weighted by Crippen LogP contribution is -2.24. The number of benzene rings is 1. The highest BCUT2D eigenvalue weighted by atomic mass is 35.5. The Kier molecular flexibility index (Phi) is 7.13. The molecule has 4 rings (SSSR count). The average molecular weight is 473 g/mol. The molecule has 2 aliphatic rings. The summed E-state index contributed by atoms with van der Waals surface area (Å²) in [5.74, 6) is 1.30. The van der Waals surface area contributed by atoms with E-state index in [-0.39, 0.29) is 18.7 Å². The van der Waals surface area contributed by atoms with E-state index >= 15 is 0 Å². The second kappa shape index (κ2) is 9.88. The Balaban J connectivity index is 1.52. The number of hydrogen-bond acceptors (Lipinski definition) is 4.